The first-order chi connectivity index (χ1) is 20.6. The van der Waals surface area contributed by atoms with Gasteiger partial charge in [0.1, 0.15) is 12.6 Å². The zero-order valence-electron chi connectivity index (χ0n) is 25.2. The van der Waals surface area contributed by atoms with Crippen LogP contribution in [0.1, 0.15) is 34.7 Å². The van der Waals surface area contributed by atoms with E-state index < -0.39 is 28.5 Å². The number of likely N-dealkylation sites (N-methyl/N-ethyl adjacent to an activating group) is 1. The number of carbonyl (C=O) groups excluding carboxylic acids is 2. The van der Waals surface area contributed by atoms with Crippen LogP contribution >= 0.6 is 0 Å². The molecule has 0 saturated heterocycles. The van der Waals surface area contributed by atoms with Gasteiger partial charge in [-0.05, 0) is 79.8 Å². The average Bonchev–Trinajstić information content (AvgIpc) is 3.01. The van der Waals surface area contributed by atoms with Gasteiger partial charge in [0.15, 0.2) is 0 Å². The molecule has 0 unspecified atom stereocenters. The molecule has 224 valence electrons. The van der Waals surface area contributed by atoms with E-state index in [-0.39, 0.29) is 23.8 Å². The molecule has 4 rings (SSSR count). The Morgan fingerprint density at radius 2 is 1.40 bits per heavy atom. The molecule has 0 heterocycles. The quantitative estimate of drug-likeness (QED) is 0.231. The molecule has 4 aromatic carbocycles. The van der Waals surface area contributed by atoms with Gasteiger partial charge in [-0.15, -0.1) is 0 Å². The third-order valence-electron chi connectivity index (χ3n) is 7.61. The number of rotatable bonds is 12. The maximum absolute atomic E-state index is 14.5. The Morgan fingerprint density at radius 1 is 0.767 bits per heavy atom. The highest BCUT2D eigenvalue weighted by Gasteiger charge is 2.34. The van der Waals surface area contributed by atoms with E-state index in [0.717, 1.165) is 32.1 Å². The van der Waals surface area contributed by atoms with Gasteiger partial charge in [0, 0.05) is 19.5 Å². The minimum Gasteiger partial charge on any atom is -0.355 e. The van der Waals surface area contributed by atoms with Gasteiger partial charge < -0.3 is 10.2 Å². The summed E-state index contributed by atoms with van der Waals surface area (Å²) in [6, 6.07) is 29.8. The highest BCUT2D eigenvalue weighted by Crippen LogP contribution is 2.27. The first-order valence-electron chi connectivity index (χ1n) is 14.4. The van der Waals surface area contributed by atoms with Crippen LogP contribution in [0.2, 0.25) is 0 Å². The molecule has 0 aliphatic heterocycles. The molecule has 4 aromatic rings. The predicted molar refractivity (Wildman–Crippen MR) is 171 cm³/mol. The normalized spacial score (nSPS) is 11.9. The number of benzene rings is 4. The van der Waals surface area contributed by atoms with E-state index in [1.807, 2.05) is 88.4 Å². The van der Waals surface area contributed by atoms with Crippen molar-refractivity contribution in [2.24, 2.45) is 0 Å². The summed E-state index contributed by atoms with van der Waals surface area (Å²) in [6.07, 6.45) is 0.277. The van der Waals surface area contributed by atoms with Crippen LogP contribution in [-0.4, -0.2) is 44.3 Å². The molecule has 0 aliphatic rings. The summed E-state index contributed by atoms with van der Waals surface area (Å²) in [7, 11) is -4.12. The molecular formula is C35H39N3O4S. The molecule has 0 spiro atoms. The van der Waals surface area contributed by atoms with E-state index in [2.05, 4.69) is 5.32 Å². The summed E-state index contributed by atoms with van der Waals surface area (Å²) >= 11 is 0. The topological polar surface area (TPSA) is 86.8 Å². The Kier molecular flexibility index (Phi) is 10.4. The second-order valence-corrected chi connectivity index (χ2v) is 12.5. The van der Waals surface area contributed by atoms with Crippen LogP contribution < -0.4 is 9.62 Å². The van der Waals surface area contributed by atoms with Crippen LogP contribution in [0, 0.1) is 20.8 Å². The van der Waals surface area contributed by atoms with Crippen molar-refractivity contribution in [3.63, 3.8) is 0 Å². The van der Waals surface area contributed by atoms with Gasteiger partial charge in [-0.2, -0.15) is 0 Å². The molecule has 0 bridgehead atoms. The smallest absolute Gasteiger partial charge is 0.264 e. The first-order valence-corrected chi connectivity index (χ1v) is 15.9. The lowest BCUT2D eigenvalue weighted by molar-refractivity contribution is -0.140. The highest BCUT2D eigenvalue weighted by molar-refractivity contribution is 7.92. The van der Waals surface area contributed by atoms with E-state index >= 15 is 0 Å². The summed E-state index contributed by atoms with van der Waals surface area (Å²) in [4.78, 5) is 29.6. The Morgan fingerprint density at radius 3 is 2.02 bits per heavy atom. The van der Waals surface area contributed by atoms with E-state index in [1.54, 1.807) is 30.3 Å². The van der Waals surface area contributed by atoms with Crippen LogP contribution in [-0.2, 0) is 32.6 Å². The van der Waals surface area contributed by atoms with Crippen molar-refractivity contribution in [2.75, 3.05) is 17.4 Å². The van der Waals surface area contributed by atoms with Crippen molar-refractivity contribution in [3.05, 3.63) is 131 Å². The number of hydrogen-bond acceptors (Lipinski definition) is 4. The molecule has 0 fully saturated rings. The molecular weight excluding hydrogens is 558 g/mol. The SMILES string of the molecule is CCNC(=O)[C@H](Cc1ccccc1)N(Cc1ccccc1C)C(=O)CN(c1ccc(C)c(C)c1)S(=O)(=O)c1ccccc1. The van der Waals surface area contributed by atoms with Gasteiger partial charge in [-0.1, -0.05) is 78.9 Å². The lowest BCUT2D eigenvalue weighted by Gasteiger charge is -2.34. The molecule has 0 aromatic heterocycles. The molecule has 0 aliphatic carbocycles. The van der Waals surface area contributed by atoms with Crippen LogP contribution in [0.3, 0.4) is 0 Å². The van der Waals surface area contributed by atoms with Crippen molar-refractivity contribution in [1.29, 1.82) is 0 Å². The summed E-state index contributed by atoms with van der Waals surface area (Å²) < 4.78 is 29.3. The zero-order valence-corrected chi connectivity index (χ0v) is 26.0. The van der Waals surface area contributed by atoms with Gasteiger partial charge in [-0.3, -0.25) is 13.9 Å². The molecule has 2 amide bonds. The minimum atomic E-state index is -4.12. The van der Waals surface area contributed by atoms with Gasteiger partial charge in [0.05, 0.1) is 10.6 Å². The molecule has 8 heteroatoms. The number of carbonyl (C=O) groups is 2. The van der Waals surface area contributed by atoms with Crippen LogP contribution in [0.25, 0.3) is 0 Å². The van der Waals surface area contributed by atoms with E-state index in [4.69, 9.17) is 0 Å². The number of hydrogen-bond donors (Lipinski definition) is 1. The summed E-state index contributed by atoms with van der Waals surface area (Å²) in [5.41, 5.74) is 5.03. The van der Waals surface area contributed by atoms with Gasteiger partial charge >= 0.3 is 0 Å². The molecule has 1 atom stereocenters. The van der Waals surface area contributed by atoms with Gasteiger partial charge in [0.2, 0.25) is 11.8 Å². The lowest BCUT2D eigenvalue weighted by Crippen LogP contribution is -2.53. The van der Waals surface area contributed by atoms with E-state index in [9.17, 15) is 18.0 Å². The van der Waals surface area contributed by atoms with Crippen molar-refractivity contribution >= 4 is 27.5 Å². The molecule has 0 radical (unpaired) electrons. The third-order valence-corrected chi connectivity index (χ3v) is 9.40. The number of anilines is 1. The Balaban J connectivity index is 1.81. The van der Waals surface area contributed by atoms with Gasteiger partial charge in [-0.25, -0.2) is 8.42 Å². The second-order valence-electron chi connectivity index (χ2n) is 10.6. The predicted octanol–water partition coefficient (Wildman–Crippen LogP) is 5.58. The molecule has 0 saturated carbocycles. The van der Waals surface area contributed by atoms with Crippen molar-refractivity contribution in [3.8, 4) is 0 Å². The monoisotopic (exact) mass is 597 g/mol. The largest absolute Gasteiger partial charge is 0.355 e. The minimum absolute atomic E-state index is 0.0797. The Hall–Kier alpha value is -4.43. The molecule has 7 nitrogen and oxygen atoms in total. The number of aryl methyl sites for hydroxylation is 3. The standard InChI is InChI=1S/C35H39N3O4S/c1-5-36-35(40)33(23-29-15-8-6-9-16-29)37(24-30-17-13-12-14-27(30)3)34(39)25-38(31-21-20-26(2)28(4)22-31)43(41,42)32-18-10-7-11-19-32/h6-22,33H,5,23-25H2,1-4H3,(H,36,40)/t33-/m0/s1. The molecule has 43 heavy (non-hydrogen) atoms. The highest BCUT2D eigenvalue weighted by atomic mass is 32.2. The Bertz CT molecular complexity index is 1660. The van der Waals surface area contributed by atoms with E-state index in [1.165, 1.54) is 17.0 Å². The lowest BCUT2D eigenvalue weighted by atomic mass is 10.0. The fourth-order valence-corrected chi connectivity index (χ4v) is 6.37. The van der Waals surface area contributed by atoms with Crippen LogP contribution in [0.15, 0.2) is 108 Å². The summed E-state index contributed by atoms with van der Waals surface area (Å²) in [5, 5.41) is 2.89. The number of nitrogens with zero attached hydrogens (tertiary/aromatic N) is 2. The van der Waals surface area contributed by atoms with Gasteiger partial charge in [0.25, 0.3) is 10.0 Å². The van der Waals surface area contributed by atoms with Crippen molar-refractivity contribution in [1.82, 2.24) is 10.2 Å². The van der Waals surface area contributed by atoms with Crippen molar-refractivity contribution in [2.45, 2.75) is 51.6 Å². The Labute approximate surface area is 255 Å². The maximum atomic E-state index is 14.5. The number of amides is 2. The summed E-state index contributed by atoms with van der Waals surface area (Å²) in [6.45, 7) is 7.71. The molecule has 1 N–H and O–H groups in total. The fraction of sp³-hybridized carbons (Fsp3) is 0.257. The maximum Gasteiger partial charge on any atom is 0.264 e. The van der Waals surface area contributed by atoms with E-state index in [0.29, 0.717) is 12.2 Å². The first kappa shape index (κ1) is 31.5. The average molecular weight is 598 g/mol. The van der Waals surface area contributed by atoms with Crippen LogP contribution in [0.5, 0.6) is 0 Å². The fourth-order valence-electron chi connectivity index (χ4n) is 4.95. The van der Waals surface area contributed by atoms with Crippen LogP contribution in [0.4, 0.5) is 5.69 Å². The van der Waals surface area contributed by atoms with Crippen molar-refractivity contribution < 1.29 is 18.0 Å². The summed E-state index contributed by atoms with van der Waals surface area (Å²) in [5.74, 6) is -0.773. The zero-order chi connectivity index (χ0) is 31.0. The number of nitrogens with one attached hydrogen (secondary N) is 1. The second kappa shape index (κ2) is 14.2. The number of sulfonamides is 1. The third kappa shape index (κ3) is 7.70.